The molecule has 1 aromatic heterocycles. The van der Waals surface area contributed by atoms with Crippen molar-refractivity contribution in [1.82, 2.24) is 4.98 Å². The molecule has 1 N–H and O–H groups in total. The van der Waals surface area contributed by atoms with E-state index in [1.165, 1.54) is 0 Å². The van der Waals surface area contributed by atoms with Crippen LogP contribution in [0.25, 0.3) is 22.2 Å². The molecular formula is C15H12N2O. The van der Waals surface area contributed by atoms with Gasteiger partial charge in [-0.25, -0.2) is 0 Å². The van der Waals surface area contributed by atoms with Crippen molar-refractivity contribution < 1.29 is 0 Å². The molecule has 3 heteroatoms. The van der Waals surface area contributed by atoms with E-state index in [0.717, 1.165) is 27.7 Å². The Morgan fingerprint density at radius 1 is 0.944 bits per heavy atom. The second-order valence-corrected chi connectivity index (χ2v) is 4.18. The number of hydrogen-bond donors (Lipinski definition) is 1. The number of fused-ring (bicyclic) bond motifs is 1. The Labute approximate surface area is 104 Å². The Morgan fingerprint density at radius 3 is 2.44 bits per heavy atom. The summed E-state index contributed by atoms with van der Waals surface area (Å²) < 4.78 is 0. The molecule has 18 heavy (non-hydrogen) atoms. The van der Waals surface area contributed by atoms with E-state index in [9.17, 15) is 4.91 Å². The molecule has 3 rings (SSSR count). The van der Waals surface area contributed by atoms with Gasteiger partial charge < -0.3 is 4.98 Å². The maximum atomic E-state index is 10.6. The summed E-state index contributed by atoms with van der Waals surface area (Å²) in [7, 11) is 0. The van der Waals surface area contributed by atoms with Crippen molar-refractivity contribution in [2.24, 2.45) is 5.18 Å². The van der Waals surface area contributed by atoms with E-state index in [0.29, 0.717) is 0 Å². The van der Waals surface area contributed by atoms with Crippen molar-refractivity contribution in [3.63, 3.8) is 0 Å². The highest BCUT2D eigenvalue weighted by Crippen LogP contribution is 2.30. The highest BCUT2D eigenvalue weighted by molar-refractivity contribution is 5.90. The molecule has 0 saturated heterocycles. The zero-order valence-electron chi connectivity index (χ0n) is 9.76. The summed E-state index contributed by atoms with van der Waals surface area (Å²) >= 11 is 0. The summed E-state index contributed by atoms with van der Waals surface area (Å²) in [6, 6.07) is 18.0. The maximum absolute atomic E-state index is 10.6. The fourth-order valence-electron chi connectivity index (χ4n) is 2.28. The molecule has 0 fully saturated rings. The van der Waals surface area contributed by atoms with Crippen LogP contribution in [-0.2, 0) is 6.54 Å². The minimum Gasteiger partial charge on any atom is -0.354 e. The molecule has 0 radical (unpaired) electrons. The first-order valence-electron chi connectivity index (χ1n) is 5.84. The van der Waals surface area contributed by atoms with Gasteiger partial charge in [0.2, 0.25) is 0 Å². The van der Waals surface area contributed by atoms with Crippen molar-refractivity contribution in [3.8, 4) is 11.3 Å². The van der Waals surface area contributed by atoms with Crippen LogP contribution in [0.2, 0.25) is 0 Å². The Bertz CT molecular complexity index is 686. The molecule has 0 unspecified atom stereocenters. The van der Waals surface area contributed by atoms with Gasteiger partial charge in [0.05, 0.1) is 5.69 Å². The second kappa shape index (κ2) is 4.45. The third-order valence-corrected chi connectivity index (χ3v) is 3.10. The molecule has 0 amide bonds. The monoisotopic (exact) mass is 236 g/mol. The van der Waals surface area contributed by atoms with Gasteiger partial charge in [-0.2, -0.15) is 4.91 Å². The van der Waals surface area contributed by atoms with Crippen LogP contribution in [0.3, 0.4) is 0 Å². The molecule has 0 spiro atoms. The van der Waals surface area contributed by atoms with Crippen LogP contribution >= 0.6 is 0 Å². The zero-order valence-corrected chi connectivity index (χ0v) is 9.76. The Morgan fingerprint density at radius 2 is 1.67 bits per heavy atom. The predicted octanol–water partition coefficient (Wildman–Crippen LogP) is 4.10. The lowest BCUT2D eigenvalue weighted by atomic mass is 10.1. The quantitative estimate of drug-likeness (QED) is 0.683. The normalized spacial score (nSPS) is 10.7. The first-order chi connectivity index (χ1) is 8.90. The number of aromatic amines is 1. The minimum absolute atomic E-state index is 0.189. The van der Waals surface area contributed by atoms with Crippen molar-refractivity contribution in [2.75, 3.05) is 0 Å². The average Bonchev–Trinajstić information content (AvgIpc) is 2.80. The zero-order chi connectivity index (χ0) is 12.4. The van der Waals surface area contributed by atoms with Gasteiger partial charge in [-0.1, -0.05) is 53.7 Å². The molecule has 0 aliphatic carbocycles. The topological polar surface area (TPSA) is 45.2 Å². The van der Waals surface area contributed by atoms with Gasteiger partial charge in [-0.05, 0) is 11.6 Å². The highest BCUT2D eigenvalue weighted by atomic mass is 16.3. The summed E-state index contributed by atoms with van der Waals surface area (Å²) in [4.78, 5) is 14.0. The fraction of sp³-hybridized carbons (Fsp3) is 0.0667. The van der Waals surface area contributed by atoms with Gasteiger partial charge in [0.25, 0.3) is 0 Å². The lowest BCUT2D eigenvalue weighted by Crippen LogP contribution is -1.84. The first-order valence-corrected chi connectivity index (χ1v) is 5.84. The van der Waals surface area contributed by atoms with Gasteiger partial charge in [-0.15, -0.1) is 0 Å². The molecule has 1 heterocycles. The number of para-hydroxylation sites is 1. The predicted molar refractivity (Wildman–Crippen MR) is 73.2 cm³/mol. The van der Waals surface area contributed by atoms with Crippen LogP contribution in [0.15, 0.2) is 59.8 Å². The van der Waals surface area contributed by atoms with Crippen LogP contribution in [0.4, 0.5) is 0 Å². The smallest absolute Gasteiger partial charge is 0.109 e. The lowest BCUT2D eigenvalue weighted by Gasteiger charge is -2.00. The third-order valence-electron chi connectivity index (χ3n) is 3.10. The van der Waals surface area contributed by atoms with Crippen molar-refractivity contribution in [1.29, 1.82) is 0 Å². The van der Waals surface area contributed by atoms with Crippen LogP contribution in [0.1, 0.15) is 5.56 Å². The molecule has 0 aliphatic rings. The van der Waals surface area contributed by atoms with Gasteiger partial charge in [0.1, 0.15) is 6.54 Å². The number of nitrogens with zero attached hydrogens (tertiary/aromatic N) is 1. The highest BCUT2D eigenvalue weighted by Gasteiger charge is 2.12. The van der Waals surface area contributed by atoms with Crippen LogP contribution in [-0.4, -0.2) is 4.98 Å². The summed E-state index contributed by atoms with van der Waals surface area (Å²) in [5, 5.41) is 4.11. The summed E-state index contributed by atoms with van der Waals surface area (Å²) in [5.74, 6) is 0. The van der Waals surface area contributed by atoms with Crippen molar-refractivity contribution in [3.05, 3.63) is 65.1 Å². The molecular weight excluding hydrogens is 224 g/mol. The second-order valence-electron chi connectivity index (χ2n) is 4.18. The molecule has 3 aromatic rings. The average molecular weight is 236 g/mol. The van der Waals surface area contributed by atoms with Crippen LogP contribution < -0.4 is 0 Å². The molecule has 0 atom stereocenters. The number of nitrogens with one attached hydrogen (secondary N) is 1. The third kappa shape index (κ3) is 1.70. The largest absolute Gasteiger partial charge is 0.354 e. The van der Waals surface area contributed by atoms with E-state index in [1.54, 1.807) is 0 Å². The number of nitroso groups, excluding NO2 is 1. The number of aromatic nitrogens is 1. The number of rotatable bonds is 3. The molecule has 88 valence electrons. The molecule has 0 bridgehead atoms. The Kier molecular flexibility index (Phi) is 2.65. The van der Waals surface area contributed by atoms with Crippen molar-refractivity contribution in [2.45, 2.75) is 6.54 Å². The van der Waals surface area contributed by atoms with Crippen LogP contribution in [0, 0.1) is 4.91 Å². The standard InChI is InChI=1S/C15H12N2O/c18-16-10-13-12-8-4-5-9-14(12)17-15(13)11-6-2-1-3-7-11/h1-9,17H,10H2. The lowest BCUT2D eigenvalue weighted by molar-refractivity contribution is 1.07. The summed E-state index contributed by atoms with van der Waals surface area (Å²) in [6.45, 7) is 0.189. The van der Waals surface area contributed by atoms with Crippen LogP contribution in [0.5, 0.6) is 0 Å². The van der Waals surface area contributed by atoms with E-state index in [2.05, 4.69) is 10.2 Å². The van der Waals surface area contributed by atoms with E-state index in [4.69, 9.17) is 0 Å². The minimum atomic E-state index is 0.189. The van der Waals surface area contributed by atoms with E-state index < -0.39 is 0 Å². The summed E-state index contributed by atoms with van der Waals surface area (Å²) in [6.07, 6.45) is 0. The van der Waals surface area contributed by atoms with Gasteiger partial charge in [0, 0.05) is 16.5 Å². The van der Waals surface area contributed by atoms with Gasteiger partial charge in [0.15, 0.2) is 0 Å². The number of benzene rings is 2. The van der Waals surface area contributed by atoms with Crippen molar-refractivity contribution >= 4 is 10.9 Å². The van der Waals surface area contributed by atoms with Gasteiger partial charge in [-0.3, -0.25) is 0 Å². The van der Waals surface area contributed by atoms with E-state index in [1.807, 2.05) is 54.6 Å². The molecule has 0 saturated carbocycles. The first kappa shape index (κ1) is 10.7. The molecule has 0 aliphatic heterocycles. The van der Waals surface area contributed by atoms with Gasteiger partial charge >= 0.3 is 0 Å². The van der Waals surface area contributed by atoms with E-state index >= 15 is 0 Å². The Hall–Kier alpha value is -2.42. The SMILES string of the molecule is O=NCc1c(-c2ccccc2)[nH]c2ccccc12. The molecule has 2 aromatic carbocycles. The molecule has 3 nitrogen and oxygen atoms in total. The number of H-pyrrole nitrogens is 1. The number of hydrogen-bond acceptors (Lipinski definition) is 2. The Balaban J connectivity index is 2.28. The van der Waals surface area contributed by atoms with E-state index in [-0.39, 0.29) is 6.54 Å². The summed E-state index contributed by atoms with van der Waals surface area (Å²) in [5.41, 5.74) is 4.06. The fourth-order valence-corrected chi connectivity index (χ4v) is 2.28. The maximum Gasteiger partial charge on any atom is 0.109 e.